The van der Waals surface area contributed by atoms with Crippen molar-refractivity contribution in [1.29, 1.82) is 0 Å². The average Bonchev–Trinajstić information content (AvgIpc) is 2.78. The van der Waals surface area contributed by atoms with Crippen molar-refractivity contribution < 1.29 is 0 Å². The van der Waals surface area contributed by atoms with E-state index in [1.165, 1.54) is 5.52 Å². The number of benzene rings is 2. The van der Waals surface area contributed by atoms with Crippen molar-refractivity contribution >= 4 is 23.0 Å². The Morgan fingerprint density at radius 3 is 2.41 bits per heavy atom. The highest BCUT2D eigenvalue weighted by Crippen LogP contribution is 2.27. The fraction of sp³-hybridized carbons (Fsp3) is 0.0714. The highest BCUT2D eigenvalue weighted by molar-refractivity contribution is 7.97. The monoisotopic (exact) mass is 240 g/mol. The van der Waals surface area contributed by atoms with E-state index in [4.69, 9.17) is 4.98 Å². The Morgan fingerprint density at radius 2 is 1.65 bits per heavy atom. The lowest BCUT2D eigenvalue weighted by molar-refractivity contribution is 1.27. The molecule has 0 unspecified atom stereocenters. The predicted octanol–water partition coefficient (Wildman–Crippen LogP) is 3.83. The Bertz CT molecular complexity index is 644. The van der Waals surface area contributed by atoms with E-state index in [1.807, 2.05) is 30.3 Å². The first-order valence-corrected chi connectivity index (χ1v) is 6.65. The molecule has 0 N–H and O–H groups in total. The summed E-state index contributed by atoms with van der Waals surface area (Å²) in [5, 5.41) is 0. The maximum Gasteiger partial charge on any atom is 0.151 e. The van der Waals surface area contributed by atoms with Gasteiger partial charge in [0.25, 0.3) is 0 Å². The number of imidazole rings is 1. The first-order valence-electron chi connectivity index (χ1n) is 5.47. The molecule has 0 aliphatic rings. The van der Waals surface area contributed by atoms with E-state index < -0.39 is 0 Å². The SMILES string of the molecule is CSn1c(-c2ccccc2)nc2ccccc21. The van der Waals surface area contributed by atoms with Crippen LogP contribution in [0.3, 0.4) is 0 Å². The summed E-state index contributed by atoms with van der Waals surface area (Å²) in [6.07, 6.45) is 2.07. The van der Waals surface area contributed by atoms with Gasteiger partial charge >= 0.3 is 0 Å². The maximum atomic E-state index is 4.70. The van der Waals surface area contributed by atoms with Gasteiger partial charge in [0.05, 0.1) is 11.0 Å². The van der Waals surface area contributed by atoms with Gasteiger partial charge in [-0.15, -0.1) is 0 Å². The predicted molar refractivity (Wildman–Crippen MR) is 74.1 cm³/mol. The molecule has 0 aliphatic heterocycles. The van der Waals surface area contributed by atoms with Crippen LogP contribution in [0.25, 0.3) is 22.4 Å². The zero-order chi connectivity index (χ0) is 11.7. The van der Waals surface area contributed by atoms with Gasteiger partial charge in [0.1, 0.15) is 0 Å². The number of hydrogen-bond donors (Lipinski definition) is 0. The average molecular weight is 240 g/mol. The second kappa shape index (κ2) is 4.26. The van der Waals surface area contributed by atoms with Crippen molar-refractivity contribution in [3.05, 3.63) is 54.6 Å². The van der Waals surface area contributed by atoms with Gasteiger partial charge in [-0.3, -0.25) is 3.97 Å². The second-order valence-corrected chi connectivity index (χ2v) is 4.50. The number of rotatable bonds is 2. The lowest BCUT2D eigenvalue weighted by Gasteiger charge is -2.04. The number of fused-ring (bicyclic) bond motifs is 1. The molecular formula is C14H12N2S. The molecule has 1 aromatic heterocycles. The van der Waals surface area contributed by atoms with E-state index in [0.29, 0.717) is 0 Å². The third-order valence-corrected chi connectivity index (χ3v) is 3.47. The largest absolute Gasteiger partial charge is 0.266 e. The molecule has 84 valence electrons. The molecule has 0 radical (unpaired) electrons. The summed E-state index contributed by atoms with van der Waals surface area (Å²) in [6, 6.07) is 18.5. The van der Waals surface area contributed by atoms with Crippen molar-refractivity contribution in [1.82, 2.24) is 8.96 Å². The summed E-state index contributed by atoms with van der Waals surface area (Å²) in [5.74, 6) is 1.01. The van der Waals surface area contributed by atoms with Crippen LogP contribution in [-0.4, -0.2) is 15.2 Å². The molecule has 3 rings (SSSR count). The zero-order valence-corrected chi connectivity index (χ0v) is 10.3. The van der Waals surface area contributed by atoms with Crippen LogP contribution in [0.2, 0.25) is 0 Å². The van der Waals surface area contributed by atoms with Crippen molar-refractivity contribution in [2.45, 2.75) is 0 Å². The Morgan fingerprint density at radius 1 is 0.941 bits per heavy atom. The standard InChI is InChI=1S/C14H12N2S/c1-17-16-13-10-6-5-9-12(13)15-14(16)11-7-3-2-4-8-11/h2-10H,1H3. The molecule has 0 atom stereocenters. The van der Waals surface area contributed by atoms with E-state index in [1.54, 1.807) is 11.9 Å². The third-order valence-electron chi connectivity index (χ3n) is 2.73. The molecule has 0 bridgehead atoms. The van der Waals surface area contributed by atoms with Crippen LogP contribution in [0.1, 0.15) is 0 Å². The molecule has 2 aromatic carbocycles. The van der Waals surface area contributed by atoms with Gasteiger partial charge in [-0.05, 0) is 24.1 Å². The van der Waals surface area contributed by atoms with E-state index in [9.17, 15) is 0 Å². The van der Waals surface area contributed by atoms with Gasteiger partial charge in [-0.25, -0.2) is 4.98 Å². The van der Waals surface area contributed by atoms with E-state index >= 15 is 0 Å². The lowest BCUT2D eigenvalue weighted by atomic mass is 10.2. The summed E-state index contributed by atoms with van der Waals surface area (Å²) in [4.78, 5) is 4.70. The first kappa shape index (κ1) is 10.4. The number of para-hydroxylation sites is 2. The van der Waals surface area contributed by atoms with Crippen molar-refractivity contribution in [2.24, 2.45) is 0 Å². The minimum atomic E-state index is 1.01. The molecule has 1 heterocycles. The maximum absolute atomic E-state index is 4.70. The van der Waals surface area contributed by atoms with E-state index in [0.717, 1.165) is 16.9 Å². The van der Waals surface area contributed by atoms with Gasteiger partial charge in [0, 0.05) is 11.8 Å². The molecule has 17 heavy (non-hydrogen) atoms. The molecule has 0 fully saturated rings. The Hall–Kier alpha value is -1.74. The molecule has 3 aromatic rings. The molecule has 2 nitrogen and oxygen atoms in total. The highest BCUT2D eigenvalue weighted by Gasteiger charge is 2.10. The fourth-order valence-electron chi connectivity index (χ4n) is 1.96. The van der Waals surface area contributed by atoms with Crippen LogP contribution in [0.15, 0.2) is 54.6 Å². The molecule has 0 spiro atoms. The summed E-state index contributed by atoms with van der Waals surface area (Å²) in [6.45, 7) is 0. The number of nitrogens with zero attached hydrogens (tertiary/aromatic N) is 2. The van der Waals surface area contributed by atoms with Gasteiger partial charge in [0.2, 0.25) is 0 Å². The van der Waals surface area contributed by atoms with Crippen molar-refractivity contribution in [3.63, 3.8) is 0 Å². The van der Waals surface area contributed by atoms with Gasteiger partial charge in [0.15, 0.2) is 5.82 Å². The van der Waals surface area contributed by atoms with Crippen LogP contribution in [0.5, 0.6) is 0 Å². The molecular weight excluding hydrogens is 228 g/mol. The van der Waals surface area contributed by atoms with Crippen LogP contribution in [0.4, 0.5) is 0 Å². The zero-order valence-electron chi connectivity index (χ0n) is 9.50. The Kier molecular flexibility index (Phi) is 2.61. The highest BCUT2D eigenvalue weighted by atomic mass is 32.2. The van der Waals surface area contributed by atoms with Crippen molar-refractivity contribution in [3.8, 4) is 11.4 Å². The number of hydrogen-bond acceptors (Lipinski definition) is 2. The summed E-state index contributed by atoms with van der Waals surface area (Å²) in [7, 11) is 0. The summed E-state index contributed by atoms with van der Waals surface area (Å²) < 4.78 is 2.17. The smallest absolute Gasteiger partial charge is 0.151 e. The normalized spacial score (nSPS) is 10.9. The van der Waals surface area contributed by atoms with E-state index in [-0.39, 0.29) is 0 Å². The molecule has 0 amide bonds. The molecule has 3 heteroatoms. The van der Waals surface area contributed by atoms with Crippen LogP contribution in [0, 0.1) is 0 Å². The summed E-state index contributed by atoms with van der Waals surface area (Å²) >= 11 is 1.68. The quantitative estimate of drug-likeness (QED) is 0.677. The van der Waals surface area contributed by atoms with Crippen LogP contribution >= 0.6 is 11.9 Å². The third kappa shape index (κ3) is 1.72. The molecule has 0 saturated carbocycles. The van der Waals surface area contributed by atoms with Gasteiger partial charge in [-0.2, -0.15) is 0 Å². The molecule has 0 aliphatic carbocycles. The second-order valence-electron chi connectivity index (χ2n) is 3.77. The fourth-order valence-corrected chi connectivity index (χ4v) is 2.63. The van der Waals surface area contributed by atoms with Gasteiger partial charge in [-0.1, -0.05) is 42.5 Å². The lowest BCUT2D eigenvalue weighted by Crippen LogP contribution is -1.89. The van der Waals surface area contributed by atoms with Crippen molar-refractivity contribution in [2.75, 3.05) is 6.26 Å². The Balaban J connectivity index is 2.30. The minimum absolute atomic E-state index is 1.01. The first-order chi connectivity index (χ1) is 8.40. The minimum Gasteiger partial charge on any atom is -0.266 e. The Labute approximate surface area is 104 Å². The molecule has 0 saturated heterocycles. The topological polar surface area (TPSA) is 17.8 Å². The van der Waals surface area contributed by atoms with Crippen LogP contribution in [-0.2, 0) is 0 Å². The van der Waals surface area contributed by atoms with Crippen LogP contribution < -0.4 is 0 Å². The van der Waals surface area contributed by atoms with Gasteiger partial charge < -0.3 is 0 Å². The van der Waals surface area contributed by atoms with E-state index in [2.05, 4.69) is 34.5 Å². The summed E-state index contributed by atoms with van der Waals surface area (Å²) in [5.41, 5.74) is 3.36. The number of aromatic nitrogens is 2.